The van der Waals surface area contributed by atoms with Crippen LogP contribution in [0.25, 0.3) is 0 Å². The van der Waals surface area contributed by atoms with Crippen molar-refractivity contribution in [2.45, 2.75) is 13.3 Å². The molecule has 1 saturated heterocycles. The number of hydrogen-bond acceptors (Lipinski definition) is 4. The second-order valence-electron chi connectivity index (χ2n) is 7.01. The maximum absolute atomic E-state index is 12.3. The highest BCUT2D eigenvalue weighted by Crippen LogP contribution is 2.18. The highest BCUT2D eigenvalue weighted by molar-refractivity contribution is 5.97. The Bertz CT molecular complexity index is 862. The van der Waals surface area contributed by atoms with Crippen LogP contribution in [-0.4, -0.2) is 43.5 Å². The van der Waals surface area contributed by atoms with E-state index in [1.54, 1.807) is 6.20 Å². The molecule has 1 aliphatic heterocycles. The van der Waals surface area contributed by atoms with Crippen LogP contribution in [0.4, 0.5) is 5.69 Å². The number of piperazine rings is 1. The second-order valence-corrected chi connectivity index (χ2v) is 7.01. The van der Waals surface area contributed by atoms with E-state index >= 15 is 0 Å². The van der Waals surface area contributed by atoms with Crippen LogP contribution in [0.15, 0.2) is 66.4 Å². The molecule has 1 fully saturated rings. The van der Waals surface area contributed by atoms with E-state index in [2.05, 4.69) is 46.3 Å². The maximum Gasteiger partial charge on any atom is 0.263 e. The molecule has 0 aromatic heterocycles. The van der Waals surface area contributed by atoms with Crippen LogP contribution in [-0.2, 0) is 11.2 Å². The summed E-state index contributed by atoms with van der Waals surface area (Å²) < 4.78 is 0. The van der Waals surface area contributed by atoms with Gasteiger partial charge in [0.25, 0.3) is 5.91 Å². The lowest BCUT2D eigenvalue weighted by Crippen LogP contribution is -2.44. The molecule has 0 atom stereocenters. The summed E-state index contributed by atoms with van der Waals surface area (Å²) in [6.07, 6.45) is 2.45. The van der Waals surface area contributed by atoms with Crippen LogP contribution in [0, 0.1) is 18.3 Å². The second kappa shape index (κ2) is 9.61. The fourth-order valence-corrected chi connectivity index (χ4v) is 3.31. The van der Waals surface area contributed by atoms with E-state index in [1.165, 1.54) is 11.3 Å². The number of benzene rings is 2. The molecule has 0 bridgehead atoms. The van der Waals surface area contributed by atoms with Gasteiger partial charge in [0.05, 0.1) is 0 Å². The van der Waals surface area contributed by atoms with Crippen LogP contribution < -0.4 is 10.2 Å². The smallest absolute Gasteiger partial charge is 0.263 e. The quantitative estimate of drug-likeness (QED) is 0.624. The Hall–Kier alpha value is -3.26. The van der Waals surface area contributed by atoms with Crippen LogP contribution in [0.1, 0.15) is 11.1 Å². The predicted molar refractivity (Wildman–Crippen MR) is 112 cm³/mol. The van der Waals surface area contributed by atoms with Gasteiger partial charge in [-0.2, -0.15) is 5.26 Å². The summed E-state index contributed by atoms with van der Waals surface area (Å²) in [5.41, 5.74) is 3.80. The third-order valence-electron chi connectivity index (χ3n) is 4.90. The minimum Gasteiger partial charge on any atom is -0.373 e. The number of aryl methyl sites for hydroxylation is 1. The van der Waals surface area contributed by atoms with E-state index in [9.17, 15) is 10.1 Å². The SMILES string of the molecule is Cc1cccc(N2CCN(/C=C(/C#N)C(=O)NCCc3ccccc3)CC2)c1. The first-order valence-corrected chi connectivity index (χ1v) is 9.65. The molecule has 144 valence electrons. The number of nitrogens with zero attached hydrogens (tertiary/aromatic N) is 3. The molecule has 3 rings (SSSR count). The molecule has 0 aliphatic carbocycles. The van der Waals surface area contributed by atoms with Gasteiger partial charge in [-0.3, -0.25) is 4.79 Å². The highest BCUT2D eigenvalue weighted by Gasteiger charge is 2.17. The van der Waals surface area contributed by atoms with Crippen LogP contribution in [0.3, 0.4) is 0 Å². The molecule has 1 aliphatic rings. The average Bonchev–Trinajstić information content (AvgIpc) is 2.73. The first-order valence-electron chi connectivity index (χ1n) is 9.65. The summed E-state index contributed by atoms with van der Waals surface area (Å²) in [7, 11) is 0. The van der Waals surface area contributed by atoms with Crippen molar-refractivity contribution >= 4 is 11.6 Å². The monoisotopic (exact) mass is 374 g/mol. The number of carbonyl (C=O) groups is 1. The molecule has 28 heavy (non-hydrogen) atoms. The van der Waals surface area contributed by atoms with Gasteiger partial charge in [0.1, 0.15) is 11.6 Å². The normalized spacial score (nSPS) is 14.5. The number of hydrogen-bond donors (Lipinski definition) is 1. The summed E-state index contributed by atoms with van der Waals surface area (Å²) in [5, 5.41) is 12.2. The summed E-state index contributed by atoms with van der Waals surface area (Å²) in [6.45, 7) is 5.93. The molecule has 5 heteroatoms. The minimum atomic E-state index is -0.306. The zero-order valence-corrected chi connectivity index (χ0v) is 16.3. The zero-order valence-electron chi connectivity index (χ0n) is 16.3. The fraction of sp³-hybridized carbons (Fsp3) is 0.304. The van der Waals surface area contributed by atoms with Gasteiger partial charge >= 0.3 is 0 Å². The van der Waals surface area contributed by atoms with Crippen molar-refractivity contribution in [3.05, 3.63) is 77.5 Å². The first-order chi connectivity index (χ1) is 13.7. The van der Waals surface area contributed by atoms with E-state index < -0.39 is 0 Å². The Balaban J connectivity index is 1.50. The van der Waals surface area contributed by atoms with Gasteiger partial charge < -0.3 is 15.1 Å². The molecule has 5 nitrogen and oxygen atoms in total. The average molecular weight is 374 g/mol. The summed E-state index contributed by atoms with van der Waals surface area (Å²) in [4.78, 5) is 16.7. The van der Waals surface area contributed by atoms with Crippen molar-refractivity contribution in [2.24, 2.45) is 0 Å². The van der Waals surface area contributed by atoms with Gasteiger partial charge in [-0.25, -0.2) is 0 Å². The van der Waals surface area contributed by atoms with Gasteiger partial charge in [0, 0.05) is 44.6 Å². The molecule has 2 aromatic rings. The summed E-state index contributed by atoms with van der Waals surface area (Å²) in [5.74, 6) is -0.306. The van der Waals surface area contributed by atoms with E-state index in [0.29, 0.717) is 6.54 Å². The van der Waals surface area contributed by atoms with Crippen molar-refractivity contribution < 1.29 is 4.79 Å². The highest BCUT2D eigenvalue weighted by atomic mass is 16.1. The lowest BCUT2D eigenvalue weighted by molar-refractivity contribution is -0.117. The van der Waals surface area contributed by atoms with E-state index in [-0.39, 0.29) is 11.5 Å². The Morgan fingerprint density at radius 2 is 1.86 bits per heavy atom. The molecule has 0 radical (unpaired) electrons. The van der Waals surface area contributed by atoms with E-state index in [0.717, 1.165) is 38.2 Å². The molecular weight excluding hydrogens is 348 g/mol. The standard InChI is InChI=1S/C23H26N4O/c1-19-6-5-9-22(16-19)27-14-12-26(13-15-27)18-21(17-24)23(28)25-11-10-20-7-3-2-4-8-20/h2-9,16,18H,10-15H2,1H3,(H,25,28)/b21-18-. The number of anilines is 1. The molecule has 2 aromatic carbocycles. The van der Waals surface area contributed by atoms with Gasteiger partial charge in [0.2, 0.25) is 0 Å². The van der Waals surface area contributed by atoms with Crippen LogP contribution in [0.2, 0.25) is 0 Å². The van der Waals surface area contributed by atoms with Gasteiger partial charge in [-0.05, 0) is 36.6 Å². The molecule has 1 heterocycles. The molecule has 0 saturated carbocycles. The Kier molecular flexibility index (Phi) is 6.69. The van der Waals surface area contributed by atoms with Gasteiger partial charge in [-0.15, -0.1) is 0 Å². The number of rotatable bonds is 6. The maximum atomic E-state index is 12.3. The Morgan fingerprint density at radius 3 is 2.54 bits per heavy atom. The van der Waals surface area contributed by atoms with Crippen molar-refractivity contribution in [2.75, 3.05) is 37.6 Å². The minimum absolute atomic E-state index is 0.164. The molecule has 0 unspecified atom stereocenters. The van der Waals surface area contributed by atoms with Crippen molar-refractivity contribution in [3.63, 3.8) is 0 Å². The topological polar surface area (TPSA) is 59.4 Å². The molecule has 1 amide bonds. The summed E-state index contributed by atoms with van der Waals surface area (Å²) in [6, 6.07) is 20.5. The van der Waals surface area contributed by atoms with Crippen molar-refractivity contribution in [3.8, 4) is 6.07 Å². The van der Waals surface area contributed by atoms with Crippen molar-refractivity contribution in [1.82, 2.24) is 10.2 Å². The number of nitrogens with one attached hydrogen (secondary N) is 1. The lowest BCUT2D eigenvalue weighted by Gasteiger charge is -2.35. The number of nitriles is 1. The largest absolute Gasteiger partial charge is 0.373 e. The Labute approximate surface area is 166 Å². The predicted octanol–water partition coefficient (Wildman–Crippen LogP) is 2.88. The first kappa shape index (κ1) is 19.5. The summed E-state index contributed by atoms with van der Waals surface area (Å²) >= 11 is 0. The van der Waals surface area contributed by atoms with Gasteiger partial charge in [0.15, 0.2) is 0 Å². The van der Waals surface area contributed by atoms with Crippen molar-refractivity contribution in [1.29, 1.82) is 5.26 Å². The van der Waals surface area contributed by atoms with Crippen LogP contribution in [0.5, 0.6) is 0 Å². The molecule has 1 N–H and O–H groups in total. The van der Waals surface area contributed by atoms with E-state index in [4.69, 9.17) is 0 Å². The zero-order chi connectivity index (χ0) is 19.8. The fourth-order valence-electron chi connectivity index (χ4n) is 3.31. The third kappa shape index (κ3) is 5.37. The van der Waals surface area contributed by atoms with E-state index in [1.807, 2.05) is 36.4 Å². The number of amides is 1. The lowest BCUT2D eigenvalue weighted by atomic mass is 10.1. The molecular formula is C23H26N4O. The Morgan fingerprint density at radius 1 is 1.11 bits per heavy atom. The third-order valence-corrected chi connectivity index (χ3v) is 4.90. The van der Waals surface area contributed by atoms with Crippen LogP contribution >= 0.6 is 0 Å². The number of carbonyl (C=O) groups excluding carboxylic acids is 1. The molecule has 0 spiro atoms. The van der Waals surface area contributed by atoms with Gasteiger partial charge in [-0.1, -0.05) is 42.5 Å².